The standard InChI is InChI=1S/C30H31NO4S/c1-4-5-6-7-8-9-18-31-29(34)25-26(30(31)35)28(24-16-12-22(13-17-24)20(3)33)36-27(25)23-14-10-21(11-15-23)19(2)32/h10-17H,4-9,18H2,1-3H3. The van der Waals surface area contributed by atoms with E-state index < -0.39 is 0 Å². The normalized spacial score (nSPS) is 12.8. The lowest BCUT2D eigenvalue weighted by molar-refractivity contribution is 0.0651. The minimum absolute atomic E-state index is 0.0272. The van der Waals surface area contributed by atoms with Crippen molar-refractivity contribution in [1.82, 2.24) is 4.90 Å². The molecule has 0 saturated heterocycles. The Morgan fingerprint density at radius 1 is 0.667 bits per heavy atom. The predicted octanol–water partition coefficient (Wildman–Crippen LogP) is 7.44. The summed E-state index contributed by atoms with van der Waals surface area (Å²) in [6, 6.07) is 14.3. The SMILES string of the molecule is CCCCCCCCN1C(=O)c2c(-c3ccc(C(C)=O)cc3)sc(-c3ccc(C(C)=O)cc3)c2C1=O. The molecular formula is C30H31NO4S. The number of unbranched alkanes of at least 4 members (excludes halogenated alkanes) is 5. The van der Waals surface area contributed by atoms with Crippen LogP contribution in [0.1, 0.15) is 101 Å². The number of thiophene rings is 1. The van der Waals surface area contributed by atoms with Crippen molar-refractivity contribution >= 4 is 34.7 Å². The molecule has 0 atom stereocenters. The second-order valence-electron chi connectivity index (χ2n) is 9.31. The zero-order valence-electron chi connectivity index (χ0n) is 21.1. The van der Waals surface area contributed by atoms with E-state index in [2.05, 4.69) is 6.92 Å². The molecule has 5 nitrogen and oxygen atoms in total. The number of nitrogens with zero attached hydrogens (tertiary/aromatic N) is 1. The first-order valence-electron chi connectivity index (χ1n) is 12.6. The molecule has 186 valence electrons. The van der Waals surface area contributed by atoms with Gasteiger partial charge in [0.2, 0.25) is 0 Å². The van der Waals surface area contributed by atoms with Crippen molar-refractivity contribution in [1.29, 1.82) is 0 Å². The van der Waals surface area contributed by atoms with Crippen LogP contribution >= 0.6 is 11.3 Å². The second kappa shape index (κ2) is 11.1. The first-order valence-corrected chi connectivity index (χ1v) is 13.4. The molecule has 4 rings (SSSR count). The average Bonchev–Trinajstić information content (AvgIpc) is 3.38. The first kappa shape index (κ1) is 25.7. The molecule has 3 aromatic rings. The van der Waals surface area contributed by atoms with Crippen molar-refractivity contribution in [3.8, 4) is 20.9 Å². The molecule has 6 heteroatoms. The van der Waals surface area contributed by atoms with Crippen LogP contribution in [0.25, 0.3) is 20.9 Å². The molecule has 2 amide bonds. The fraction of sp³-hybridized carbons (Fsp3) is 0.333. The third-order valence-corrected chi connectivity index (χ3v) is 7.96. The van der Waals surface area contributed by atoms with Crippen LogP contribution in [0.5, 0.6) is 0 Å². The zero-order chi connectivity index (χ0) is 25.8. The quantitative estimate of drug-likeness (QED) is 0.155. The summed E-state index contributed by atoms with van der Waals surface area (Å²) < 4.78 is 0. The number of hydrogen-bond acceptors (Lipinski definition) is 5. The molecule has 36 heavy (non-hydrogen) atoms. The van der Waals surface area contributed by atoms with Crippen molar-refractivity contribution in [3.05, 3.63) is 70.8 Å². The molecule has 2 aromatic carbocycles. The highest BCUT2D eigenvalue weighted by atomic mass is 32.1. The summed E-state index contributed by atoms with van der Waals surface area (Å²) in [6.07, 6.45) is 6.44. The highest BCUT2D eigenvalue weighted by Crippen LogP contribution is 2.46. The van der Waals surface area contributed by atoms with Gasteiger partial charge in [0.15, 0.2) is 11.6 Å². The molecule has 1 aliphatic rings. The minimum Gasteiger partial charge on any atom is -0.295 e. The molecule has 0 spiro atoms. The van der Waals surface area contributed by atoms with Gasteiger partial charge < -0.3 is 0 Å². The van der Waals surface area contributed by atoms with Crippen LogP contribution in [0.3, 0.4) is 0 Å². The van der Waals surface area contributed by atoms with E-state index in [4.69, 9.17) is 0 Å². The summed E-state index contributed by atoms with van der Waals surface area (Å²) in [5.74, 6) is -0.560. The van der Waals surface area contributed by atoms with Crippen molar-refractivity contribution in [2.24, 2.45) is 0 Å². The third-order valence-electron chi connectivity index (χ3n) is 6.67. The van der Waals surface area contributed by atoms with Gasteiger partial charge >= 0.3 is 0 Å². The maximum absolute atomic E-state index is 13.5. The van der Waals surface area contributed by atoms with Crippen molar-refractivity contribution in [2.45, 2.75) is 59.3 Å². The van der Waals surface area contributed by atoms with Crippen LogP contribution in [0.4, 0.5) is 0 Å². The number of carbonyl (C=O) groups is 4. The molecule has 0 radical (unpaired) electrons. The van der Waals surface area contributed by atoms with E-state index in [0.29, 0.717) is 28.8 Å². The minimum atomic E-state index is -0.253. The lowest BCUT2D eigenvalue weighted by Crippen LogP contribution is -2.31. The van der Waals surface area contributed by atoms with Gasteiger partial charge in [0.05, 0.1) is 11.1 Å². The highest BCUT2D eigenvalue weighted by molar-refractivity contribution is 7.20. The molecule has 0 bridgehead atoms. The van der Waals surface area contributed by atoms with Crippen molar-refractivity contribution in [3.63, 3.8) is 0 Å². The van der Waals surface area contributed by atoms with Crippen LogP contribution in [0, 0.1) is 0 Å². The van der Waals surface area contributed by atoms with Gasteiger partial charge in [-0.15, -0.1) is 11.3 Å². The summed E-state index contributed by atoms with van der Waals surface area (Å²) in [5.41, 5.74) is 3.68. The van der Waals surface area contributed by atoms with Crippen LogP contribution in [0.2, 0.25) is 0 Å². The Balaban J connectivity index is 1.71. The molecule has 1 aliphatic heterocycles. The number of hydrogen-bond donors (Lipinski definition) is 0. The number of rotatable bonds is 11. The number of imide groups is 1. The van der Waals surface area contributed by atoms with Crippen molar-refractivity contribution in [2.75, 3.05) is 6.54 Å². The first-order chi connectivity index (χ1) is 17.3. The summed E-state index contributed by atoms with van der Waals surface area (Å²) in [6.45, 7) is 5.62. The molecule has 0 N–H and O–H groups in total. The third kappa shape index (κ3) is 5.09. The van der Waals surface area contributed by atoms with E-state index in [1.807, 2.05) is 24.3 Å². The van der Waals surface area contributed by atoms with Gasteiger partial charge in [-0.25, -0.2) is 0 Å². The highest BCUT2D eigenvalue weighted by Gasteiger charge is 2.41. The van der Waals surface area contributed by atoms with E-state index in [0.717, 1.165) is 40.1 Å². The number of benzene rings is 2. The Morgan fingerprint density at radius 3 is 1.50 bits per heavy atom. The molecular weight excluding hydrogens is 470 g/mol. The van der Waals surface area contributed by atoms with E-state index in [9.17, 15) is 19.2 Å². The Labute approximate surface area is 216 Å². The number of fused-ring (bicyclic) bond motifs is 1. The van der Waals surface area contributed by atoms with Crippen LogP contribution < -0.4 is 0 Å². The summed E-state index contributed by atoms with van der Waals surface area (Å²) in [4.78, 5) is 53.4. The van der Waals surface area contributed by atoms with Gasteiger partial charge in [-0.05, 0) is 31.4 Å². The Kier molecular flexibility index (Phi) is 7.94. The monoisotopic (exact) mass is 501 g/mol. The Bertz CT molecular complexity index is 1210. The molecule has 2 heterocycles. The Morgan fingerprint density at radius 2 is 1.08 bits per heavy atom. The number of carbonyl (C=O) groups excluding carboxylic acids is 4. The summed E-state index contributed by atoms with van der Waals surface area (Å²) >= 11 is 1.41. The van der Waals surface area contributed by atoms with E-state index in [-0.39, 0.29) is 23.4 Å². The summed E-state index contributed by atoms with van der Waals surface area (Å²) in [7, 11) is 0. The van der Waals surface area contributed by atoms with Gasteiger partial charge in [-0.1, -0.05) is 87.6 Å². The largest absolute Gasteiger partial charge is 0.295 e. The Hall–Kier alpha value is -3.38. The van der Waals surface area contributed by atoms with E-state index in [1.165, 1.54) is 49.3 Å². The lowest BCUT2D eigenvalue weighted by atomic mass is 10.0. The number of ketones is 2. The lowest BCUT2D eigenvalue weighted by Gasteiger charge is -2.15. The van der Waals surface area contributed by atoms with E-state index in [1.54, 1.807) is 24.3 Å². The van der Waals surface area contributed by atoms with Gasteiger partial charge in [0.1, 0.15) is 0 Å². The zero-order valence-corrected chi connectivity index (χ0v) is 21.9. The smallest absolute Gasteiger partial charge is 0.263 e. The fourth-order valence-corrected chi connectivity index (χ4v) is 5.87. The number of Topliss-reactive ketones (excluding diaryl/α,β-unsaturated/α-hetero) is 2. The molecule has 0 unspecified atom stereocenters. The number of amides is 2. The second-order valence-corrected chi connectivity index (χ2v) is 10.3. The van der Waals surface area contributed by atoms with Gasteiger partial charge in [0.25, 0.3) is 11.8 Å². The summed E-state index contributed by atoms with van der Waals surface area (Å²) in [5, 5.41) is 0. The maximum Gasteiger partial charge on any atom is 0.263 e. The topological polar surface area (TPSA) is 71.5 Å². The molecule has 0 fully saturated rings. The van der Waals surface area contributed by atoms with Gasteiger partial charge in [0, 0.05) is 27.4 Å². The van der Waals surface area contributed by atoms with Crippen LogP contribution in [0.15, 0.2) is 48.5 Å². The average molecular weight is 502 g/mol. The molecule has 0 aliphatic carbocycles. The fourth-order valence-electron chi connectivity index (χ4n) is 4.57. The van der Waals surface area contributed by atoms with Gasteiger partial charge in [-0.2, -0.15) is 0 Å². The van der Waals surface area contributed by atoms with Crippen molar-refractivity contribution < 1.29 is 19.2 Å². The van der Waals surface area contributed by atoms with Crippen LogP contribution in [-0.4, -0.2) is 34.8 Å². The van der Waals surface area contributed by atoms with E-state index >= 15 is 0 Å². The molecule has 0 saturated carbocycles. The van der Waals surface area contributed by atoms with Gasteiger partial charge in [-0.3, -0.25) is 24.1 Å². The molecule has 1 aromatic heterocycles. The maximum atomic E-state index is 13.5. The van der Waals surface area contributed by atoms with Crippen LogP contribution in [-0.2, 0) is 0 Å². The predicted molar refractivity (Wildman–Crippen MR) is 144 cm³/mol.